The van der Waals surface area contributed by atoms with Crippen LogP contribution in [0, 0.1) is 0 Å². The largest absolute Gasteiger partial charge is 0.508 e. The summed E-state index contributed by atoms with van der Waals surface area (Å²) in [6, 6.07) is 13.5. The van der Waals surface area contributed by atoms with Crippen LogP contribution in [0.2, 0.25) is 0 Å². The molecule has 96 valence electrons. The summed E-state index contributed by atoms with van der Waals surface area (Å²) >= 11 is 3.38. The average Bonchev–Trinajstić information content (AvgIpc) is 2.39. The zero-order valence-corrected chi connectivity index (χ0v) is 11.5. The molecule has 0 aliphatic heterocycles. The predicted octanol–water partition coefficient (Wildman–Crippen LogP) is 3.78. The van der Waals surface area contributed by atoms with Gasteiger partial charge in [0.25, 0.3) is 0 Å². The Balaban J connectivity index is 2.50. The summed E-state index contributed by atoms with van der Waals surface area (Å²) in [7, 11) is 0. The number of hydrogen-bond acceptors (Lipinski definition) is 2. The van der Waals surface area contributed by atoms with E-state index in [2.05, 4.69) is 15.9 Å². The van der Waals surface area contributed by atoms with Crippen molar-refractivity contribution in [2.75, 3.05) is 0 Å². The van der Waals surface area contributed by atoms with Crippen molar-refractivity contribution >= 4 is 33.5 Å². The monoisotopic (exact) mass is 318 g/mol. The number of carbonyl (C=O) groups is 1. The summed E-state index contributed by atoms with van der Waals surface area (Å²) in [5.41, 5.74) is 1.50. The minimum atomic E-state index is -1.01. The van der Waals surface area contributed by atoms with Gasteiger partial charge in [-0.3, -0.25) is 0 Å². The number of carboxylic acids is 1. The van der Waals surface area contributed by atoms with Crippen LogP contribution in [0.5, 0.6) is 5.75 Å². The maximum Gasteiger partial charge on any atom is 0.336 e. The van der Waals surface area contributed by atoms with E-state index < -0.39 is 5.97 Å². The predicted molar refractivity (Wildman–Crippen MR) is 77.8 cm³/mol. The Morgan fingerprint density at radius 2 is 1.68 bits per heavy atom. The van der Waals surface area contributed by atoms with E-state index in [9.17, 15) is 15.0 Å². The molecular formula is C15H11BrO3. The first-order valence-electron chi connectivity index (χ1n) is 5.57. The fraction of sp³-hybridized carbons (Fsp3) is 0. The molecule has 0 aliphatic rings. The fourth-order valence-corrected chi connectivity index (χ4v) is 2.06. The van der Waals surface area contributed by atoms with Crippen molar-refractivity contribution in [3.8, 4) is 5.75 Å². The molecule has 0 saturated heterocycles. The van der Waals surface area contributed by atoms with E-state index in [1.54, 1.807) is 18.2 Å². The molecule has 0 amide bonds. The summed E-state index contributed by atoms with van der Waals surface area (Å²) in [5, 5.41) is 18.5. The Hall–Kier alpha value is -2.07. The van der Waals surface area contributed by atoms with Gasteiger partial charge in [0.1, 0.15) is 5.75 Å². The van der Waals surface area contributed by atoms with E-state index in [4.69, 9.17) is 0 Å². The zero-order valence-electron chi connectivity index (χ0n) is 9.88. The van der Waals surface area contributed by atoms with Gasteiger partial charge in [-0.15, -0.1) is 0 Å². The highest BCUT2D eigenvalue weighted by Crippen LogP contribution is 2.24. The molecule has 19 heavy (non-hydrogen) atoms. The summed E-state index contributed by atoms with van der Waals surface area (Å²) < 4.78 is 0.826. The molecular weight excluding hydrogens is 308 g/mol. The van der Waals surface area contributed by atoms with Crippen LogP contribution in [-0.4, -0.2) is 16.2 Å². The number of halogens is 1. The first-order valence-corrected chi connectivity index (χ1v) is 6.36. The maximum atomic E-state index is 11.4. The van der Waals surface area contributed by atoms with E-state index in [0.717, 1.165) is 10.0 Å². The Morgan fingerprint density at radius 3 is 2.26 bits per heavy atom. The highest BCUT2D eigenvalue weighted by atomic mass is 79.9. The van der Waals surface area contributed by atoms with Crippen LogP contribution in [0.4, 0.5) is 0 Å². The van der Waals surface area contributed by atoms with Crippen LogP contribution in [-0.2, 0) is 4.79 Å². The summed E-state index contributed by atoms with van der Waals surface area (Å²) in [4.78, 5) is 11.4. The second-order valence-electron chi connectivity index (χ2n) is 3.93. The lowest BCUT2D eigenvalue weighted by Crippen LogP contribution is -1.99. The molecule has 0 fully saturated rings. The van der Waals surface area contributed by atoms with Crippen molar-refractivity contribution in [3.63, 3.8) is 0 Å². The van der Waals surface area contributed by atoms with Crippen molar-refractivity contribution < 1.29 is 15.0 Å². The lowest BCUT2D eigenvalue weighted by Gasteiger charge is -2.04. The van der Waals surface area contributed by atoms with Crippen molar-refractivity contribution in [1.29, 1.82) is 0 Å². The Labute approximate surface area is 119 Å². The number of aromatic hydroxyl groups is 1. The van der Waals surface area contributed by atoms with Gasteiger partial charge in [-0.25, -0.2) is 4.79 Å². The first-order chi connectivity index (χ1) is 9.08. The molecule has 2 N–H and O–H groups in total. The van der Waals surface area contributed by atoms with Crippen LogP contribution in [0.25, 0.3) is 11.6 Å². The topological polar surface area (TPSA) is 57.5 Å². The molecule has 0 spiro atoms. The molecule has 0 radical (unpaired) electrons. The molecule has 0 heterocycles. The van der Waals surface area contributed by atoms with Crippen LogP contribution in [0.1, 0.15) is 11.1 Å². The van der Waals surface area contributed by atoms with E-state index in [1.165, 1.54) is 12.1 Å². The van der Waals surface area contributed by atoms with Gasteiger partial charge in [0.05, 0.1) is 5.57 Å². The average molecular weight is 319 g/mol. The van der Waals surface area contributed by atoms with E-state index in [0.29, 0.717) is 5.56 Å². The fourth-order valence-electron chi connectivity index (χ4n) is 1.66. The highest BCUT2D eigenvalue weighted by Gasteiger charge is 2.11. The summed E-state index contributed by atoms with van der Waals surface area (Å²) in [6.07, 6.45) is 1.60. The van der Waals surface area contributed by atoms with Gasteiger partial charge in [-0.05, 0) is 35.4 Å². The van der Waals surface area contributed by atoms with Gasteiger partial charge in [0, 0.05) is 4.47 Å². The first kappa shape index (κ1) is 13.4. The van der Waals surface area contributed by atoms with Crippen LogP contribution in [0.3, 0.4) is 0 Å². The van der Waals surface area contributed by atoms with Crippen molar-refractivity contribution in [2.45, 2.75) is 0 Å². The Morgan fingerprint density at radius 1 is 1.05 bits per heavy atom. The quantitative estimate of drug-likeness (QED) is 0.669. The zero-order chi connectivity index (χ0) is 13.8. The number of aliphatic carboxylic acids is 1. The van der Waals surface area contributed by atoms with E-state index in [-0.39, 0.29) is 11.3 Å². The molecule has 2 aromatic rings. The van der Waals surface area contributed by atoms with Gasteiger partial charge in [-0.1, -0.05) is 46.3 Å². The van der Waals surface area contributed by atoms with E-state index >= 15 is 0 Å². The highest BCUT2D eigenvalue weighted by molar-refractivity contribution is 9.10. The number of phenols is 1. The minimum absolute atomic E-state index is 0.106. The maximum absolute atomic E-state index is 11.4. The molecule has 0 saturated carbocycles. The standard InChI is InChI=1S/C15H11BrO3/c16-14-4-2-1-3-11(14)9-13(15(18)19)10-5-7-12(17)8-6-10/h1-9,17H,(H,18,19)/b13-9-. The van der Waals surface area contributed by atoms with Crippen LogP contribution in [0.15, 0.2) is 53.0 Å². The molecule has 4 heteroatoms. The Kier molecular flexibility index (Phi) is 4.02. The molecule has 0 unspecified atom stereocenters. The molecule has 0 bridgehead atoms. The van der Waals surface area contributed by atoms with Gasteiger partial charge in [0.2, 0.25) is 0 Å². The number of carboxylic acid groups (broad SMARTS) is 1. The third kappa shape index (κ3) is 3.23. The van der Waals surface area contributed by atoms with Gasteiger partial charge in [-0.2, -0.15) is 0 Å². The molecule has 0 aliphatic carbocycles. The van der Waals surface area contributed by atoms with Crippen LogP contribution < -0.4 is 0 Å². The van der Waals surface area contributed by atoms with Gasteiger partial charge in [0.15, 0.2) is 0 Å². The SMILES string of the molecule is O=C(O)/C(=C\c1ccccc1Br)c1ccc(O)cc1. The third-order valence-corrected chi connectivity index (χ3v) is 3.34. The van der Waals surface area contributed by atoms with Gasteiger partial charge >= 0.3 is 5.97 Å². The number of rotatable bonds is 3. The number of benzene rings is 2. The lowest BCUT2D eigenvalue weighted by molar-refractivity contribution is -0.130. The smallest absolute Gasteiger partial charge is 0.336 e. The normalized spacial score (nSPS) is 11.3. The minimum Gasteiger partial charge on any atom is -0.508 e. The molecule has 3 nitrogen and oxygen atoms in total. The van der Waals surface area contributed by atoms with Gasteiger partial charge < -0.3 is 10.2 Å². The second kappa shape index (κ2) is 5.71. The number of hydrogen-bond donors (Lipinski definition) is 2. The number of phenolic OH excluding ortho intramolecular Hbond substituents is 1. The second-order valence-corrected chi connectivity index (χ2v) is 4.79. The lowest BCUT2D eigenvalue weighted by atomic mass is 10.0. The molecule has 0 atom stereocenters. The summed E-state index contributed by atoms with van der Waals surface area (Å²) in [6.45, 7) is 0. The van der Waals surface area contributed by atoms with Crippen molar-refractivity contribution in [3.05, 3.63) is 64.1 Å². The summed E-state index contributed by atoms with van der Waals surface area (Å²) in [5.74, 6) is -0.907. The molecule has 0 aromatic heterocycles. The van der Waals surface area contributed by atoms with Crippen LogP contribution >= 0.6 is 15.9 Å². The Bertz CT molecular complexity index is 630. The van der Waals surface area contributed by atoms with Crippen molar-refractivity contribution in [1.82, 2.24) is 0 Å². The van der Waals surface area contributed by atoms with Crippen molar-refractivity contribution in [2.24, 2.45) is 0 Å². The third-order valence-electron chi connectivity index (χ3n) is 2.61. The molecule has 2 rings (SSSR count). The van der Waals surface area contributed by atoms with E-state index in [1.807, 2.05) is 24.3 Å². The molecule has 2 aromatic carbocycles.